The number of hydrogen-bond acceptors (Lipinski definition) is 1. The molecule has 1 heterocycles. The Labute approximate surface area is 57.3 Å². The number of fused-ring (bicyclic) bond motifs is 1. The second-order valence-corrected chi connectivity index (χ2v) is 2.28. The second-order valence-electron chi connectivity index (χ2n) is 1.92. The smallest absolute Gasteiger partial charge is 0.139 e. The molecular weight excluding hydrogens is 134 g/mol. The average molecular weight is 138 g/mol. The fourth-order valence-corrected chi connectivity index (χ4v) is 1.11. The Hall–Kier alpha value is -0.820. The van der Waals surface area contributed by atoms with Crippen LogP contribution in [0, 0.1) is 0 Å². The zero-order valence-corrected chi connectivity index (χ0v) is 5.39. The molecule has 0 atom stereocenters. The first-order valence-electron chi connectivity index (χ1n) is 2.71. The molecule has 0 unspecified atom stereocenters. The summed E-state index contributed by atoms with van der Waals surface area (Å²) in [5.74, 6) is 0. The Balaban J connectivity index is 2.94. The standard InChI is InChI=1S/C7H4ClN/c8-7-5-3-1-2-4-6(5)9-7/h1-4H. The molecule has 2 heteroatoms. The summed E-state index contributed by atoms with van der Waals surface area (Å²) >= 11 is 5.63. The zero-order valence-electron chi connectivity index (χ0n) is 4.63. The van der Waals surface area contributed by atoms with Gasteiger partial charge in [0.15, 0.2) is 0 Å². The SMILES string of the molecule is ClC1=c2ccccc2=N1. The summed E-state index contributed by atoms with van der Waals surface area (Å²) in [6.07, 6.45) is 0. The summed E-state index contributed by atoms with van der Waals surface area (Å²) in [7, 11) is 0. The van der Waals surface area contributed by atoms with Crippen molar-refractivity contribution in [3.8, 4) is 0 Å². The molecule has 1 nitrogen and oxygen atoms in total. The van der Waals surface area contributed by atoms with Crippen LogP contribution in [0.25, 0.3) is 5.16 Å². The van der Waals surface area contributed by atoms with Gasteiger partial charge in [0.05, 0.1) is 5.36 Å². The molecule has 0 amide bonds. The minimum atomic E-state index is 0.630. The molecule has 0 fully saturated rings. The molecule has 0 aliphatic carbocycles. The Morgan fingerprint density at radius 1 is 1.22 bits per heavy atom. The van der Waals surface area contributed by atoms with E-state index in [1.54, 1.807) is 0 Å². The number of hydrogen-bond donors (Lipinski definition) is 0. The van der Waals surface area contributed by atoms with Crippen LogP contribution in [0.5, 0.6) is 0 Å². The van der Waals surface area contributed by atoms with E-state index < -0.39 is 0 Å². The summed E-state index contributed by atoms with van der Waals surface area (Å²) in [6.45, 7) is 0. The van der Waals surface area contributed by atoms with Gasteiger partial charge < -0.3 is 0 Å². The van der Waals surface area contributed by atoms with E-state index in [0.717, 1.165) is 10.6 Å². The third kappa shape index (κ3) is 0.583. The number of rotatable bonds is 0. The van der Waals surface area contributed by atoms with Gasteiger partial charge in [0.25, 0.3) is 0 Å². The average Bonchev–Trinajstić information content (AvgIpc) is 1.86. The summed E-state index contributed by atoms with van der Waals surface area (Å²) in [6, 6.07) is 7.81. The van der Waals surface area contributed by atoms with E-state index in [0.29, 0.717) is 5.16 Å². The van der Waals surface area contributed by atoms with Crippen LogP contribution in [0.1, 0.15) is 0 Å². The third-order valence-electron chi connectivity index (χ3n) is 1.34. The van der Waals surface area contributed by atoms with Gasteiger partial charge in [-0.3, -0.25) is 0 Å². The van der Waals surface area contributed by atoms with Crippen LogP contribution in [0.4, 0.5) is 0 Å². The van der Waals surface area contributed by atoms with Crippen LogP contribution >= 0.6 is 11.6 Å². The first kappa shape index (κ1) is 5.00. The molecule has 0 bridgehead atoms. The summed E-state index contributed by atoms with van der Waals surface area (Å²) in [5, 5.41) is 2.70. The van der Waals surface area contributed by atoms with Gasteiger partial charge in [0.1, 0.15) is 5.16 Å². The van der Waals surface area contributed by atoms with Crippen molar-refractivity contribution < 1.29 is 0 Å². The highest BCUT2D eigenvalue weighted by atomic mass is 35.5. The third-order valence-corrected chi connectivity index (χ3v) is 1.63. The minimum Gasteiger partial charge on any atom is -0.235 e. The highest BCUT2D eigenvalue weighted by Crippen LogP contribution is 2.02. The van der Waals surface area contributed by atoms with Crippen molar-refractivity contribution in [3.63, 3.8) is 0 Å². The van der Waals surface area contributed by atoms with E-state index in [1.807, 2.05) is 24.3 Å². The van der Waals surface area contributed by atoms with Gasteiger partial charge in [0, 0.05) is 5.22 Å². The quantitative estimate of drug-likeness (QED) is 0.465. The Morgan fingerprint density at radius 2 is 2.00 bits per heavy atom. The van der Waals surface area contributed by atoms with Crippen LogP contribution in [0.15, 0.2) is 29.3 Å². The van der Waals surface area contributed by atoms with Crippen molar-refractivity contribution >= 4 is 16.8 Å². The van der Waals surface area contributed by atoms with Gasteiger partial charge >= 0.3 is 0 Å². The number of para-hydroxylation sites is 1. The maximum atomic E-state index is 5.63. The Morgan fingerprint density at radius 3 is 2.56 bits per heavy atom. The van der Waals surface area contributed by atoms with Gasteiger partial charge in [-0.15, -0.1) is 0 Å². The largest absolute Gasteiger partial charge is 0.235 e. The van der Waals surface area contributed by atoms with Gasteiger partial charge in [-0.2, -0.15) is 0 Å². The van der Waals surface area contributed by atoms with Crippen LogP contribution in [-0.4, -0.2) is 0 Å². The molecule has 0 spiro atoms. The molecule has 0 N–H and O–H groups in total. The number of benzene rings is 1. The summed E-state index contributed by atoms with van der Waals surface area (Å²) in [4.78, 5) is 3.97. The minimum absolute atomic E-state index is 0.630. The molecular formula is C7H4ClN. The van der Waals surface area contributed by atoms with Crippen molar-refractivity contribution in [1.82, 2.24) is 0 Å². The molecule has 0 saturated heterocycles. The molecule has 9 heavy (non-hydrogen) atoms. The normalized spacial score (nSPS) is 13.7. The topological polar surface area (TPSA) is 12.4 Å². The van der Waals surface area contributed by atoms with Crippen molar-refractivity contribution in [2.24, 2.45) is 4.99 Å². The summed E-state index contributed by atoms with van der Waals surface area (Å²) < 4.78 is 0. The van der Waals surface area contributed by atoms with Crippen molar-refractivity contribution in [3.05, 3.63) is 34.8 Å². The maximum Gasteiger partial charge on any atom is 0.139 e. The molecule has 0 radical (unpaired) electrons. The van der Waals surface area contributed by atoms with Crippen molar-refractivity contribution in [2.75, 3.05) is 0 Å². The molecule has 0 aromatic heterocycles. The van der Waals surface area contributed by atoms with Gasteiger partial charge in [-0.1, -0.05) is 23.7 Å². The van der Waals surface area contributed by atoms with Gasteiger partial charge in [0.2, 0.25) is 0 Å². The molecule has 1 aromatic carbocycles. The van der Waals surface area contributed by atoms with E-state index in [-0.39, 0.29) is 0 Å². The maximum absolute atomic E-state index is 5.63. The predicted octanol–water partition coefficient (Wildman–Crippen LogP) is 0.624. The number of nitrogens with zero attached hydrogens (tertiary/aromatic N) is 1. The van der Waals surface area contributed by atoms with E-state index in [4.69, 9.17) is 11.6 Å². The van der Waals surface area contributed by atoms with Crippen LogP contribution in [0.3, 0.4) is 0 Å². The van der Waals surface area contributed by atoms with E-state index >= 15 is 0 Å². The van der Waals surface area contributed by atoms with Crippen molar-refractivity contribution in [1.29, 1.82) is 0 Å². The lowest BCUT2D eigenvalue weighted by molar-refractivity contribution is 1.25. The zero-order chi connectivity index (χ0) is 6.27. The molecule has 44 valence electrons. The second kappa shape index (κ2) is 1.58. The Kier molecular flexibility index (Phi) is 0.878. The van der Waals surface area contributed by atoms with Crippen LogP contribution in [0.2, 0.25) is 0 Å². The van der Waals surface area contributed by atoms with Gasteiger partial charge in [-0.05, 0) is 12.1 Å². The molecule has 2 rings (SSSR count). The Bertz CT molecular complexity index is 353. The lowest BCUT2D eigenvalue weighted by atomic mass is 10.2. The molecule has 0 saturated carbocycles. The fraction of sp³-hybridized carbons (Fsp3) is 0. The lowest BCUT2D eigenvalue weighted by Gasteiger charge is -1.99. The highest BCUT2D eigenvalue weighted by Gasteiger charge is 2.00. The first-order chi connectivity index (χ1) is 4.38. The molecule has 1 aliphatic heterocycles. The first-order valence-corrected chi connectivity index (χ1v) is 3.09. The van der Waals surface area contributed by atoms with E-state index in [9.17, 15) is 0 Å². The monoisotopic (exact) mass is 137 g/mol. The summed E-state index contributed by atoms with van der Waals surface area (Å²) in [5.41, 5.74) is 0. The van der Waals surface area contributed by atoms with Gasteiger partial charge in [-0.25, -0.2) is 4.99 Å². The van der Waals surface area contributed by atoms with E-state index in [1.165, 1.54) is 0 Å². The van der Waals surface area contributed by atoms with E-state index in [2.05, 4.69) is 4.99 Å². The molecule has 1 aromatic rings. The predicted molar refractivity (Wildman–Crippen MR) is 36.5 cm³/mol. The van der Waals surface area contributed by atoms with Crippen molar-refractivity contribution in [2.45, 2.75) is 0 Å². The lowest BCUT2D eigenvalue weighted by Crippen LogP contribution is -2.32. The highest BCUT2D eigenvalue weighted by molar-refractivity contribution is 6.45. The van der Waals surface area contributed by atoms with Crippen LogP contribution < -0.4 is 10.6 Å². The van der Waals surface area contributed by atoms with Crippen LogP contribution in [-0.2, 0) is 0 Å². The number of halogens is 1. The molecule has 1 aliphatic rings. The fourth-order valence-electron chi connectivity index (χ4n) is 0.859.